The molecular weight excluding hydrogens is 360 g/mol. The van der Waals surface area contributed by atoms with E-state index in [0.717, 1.165) is 18.4 Å². The average molecular weight is 389 g/mol. The van der Waals surface area contributed by atoms with Crippen LogP contribution < -0.4 is 10.0 Å². The molecular formula is C21H28N2O3S. The molecule has 6 heteroatoms. The van der Waals surface area contributed by atoms with E-state index in [1.165, 1.54) is 24.6 Å². The first-order chi connectivity index (χ1) is 12.7. The van der Waals surface area contributed by atoms with Crippen molar-refractivity contribution >= 4 is 21.6 Å². The van der Waals surface area contributed by atoms with Crippen LogP contribution in [0.15, 0.2) is 53.4 Å². The standard InChI is InChI=1S/C21H28N2O3S/c1-5-6-17-7-9-18(10-8-17)21(15(2)3)23-27(25,26)20-13-11-19(12-14-20)22-16(4)24/h7-15,21,23H,5-6H2,1-4H3,(H,22,24)/t21-/m0/s1. The number of hydrogen-bond acceptors (Lipinski definition) is 3. The number of carbonyl (C=O) groups is 1. The Balaban J connectivity index is 2.22. The second-order valence-electron chi connectivity index (χ2n) is 7.04. The molecule has 0 saturated heterocycles. The van der Waals surface area contributed by atoms with Crippen LogP contribution in [0.3, 0.4) is 0 Å². The molecule has 0 aliphatic heterocycles. The maximum Gasteiger partial charge on any atom is 0.241 e. The van der Waals surface area contributed by atoms with Crippen molar-refractivity contribution in [3.05, 3.63) is 59.7 Å². The Hall–Kier alpha value is -2.18. The van der Waals surface area contributed by atoms with E-state index >= 15 is 0 Å². The van der Waals surface area contributed by atoms with Gasteiger partial charge in [-0.15, -0.1) is 0 Å². The normalized spacial score (nSPS) is 12.8. The molecule has 0 saturated carbocycles. The molecule has 146 valence electrons. The van der Waals surface area contributed by atoms with Crippen LogP contribution in [0.2, 0.25) is 0 Å². The summed E-state index contributed by atoms with van der Waals surface area (Å²) >= 11 is 0. The molecule has 0 bridgehead atoms. The number of nitrogens with one attached hydrogen (secondary N) is 2. The Bertz CT molecular complexity index is 857. The fourth-order valence-electron chi connectivity index (χ4n) is 2.93. The zero-order valence-corrected chi connectivity index (χ0v) is 17.1. The number of rotatable bonds is 8. The first kappa shape index (κ1) is 21.1. The van der Waals surface area contributed by atoms with E-state index in [9.17, 15) is 13.2 Å². The highest BCUT2D eigenvalue weighted by molar-refractivity contribution is 7.89. The minimum absolute atomic E-state index is 0.0930. The van der Waals surface area contributed by atoms with Gasteiger partial charge in [0.2, 0.25) is 15.9 Å². The summed E-state index contributed by atoms with van der Waals surface area (Å²) in [5, 5.41) is 2.63. The summed E-state index contributed by atoms with van der Waals surface area (Å²) in [7, 11) is -3.68. The molecule has 27 heavy (non-hydrogen) atoms. The molecule has 0 radical (unpaired) electrons. The van der Waals surface area contributed by atoms with Gasteiger partial charge >= 0.3 is 0 Å². The summed E-state index contributed by atoms with van der Waals surface area (Å²) in [6.07, 6.45) is 2.09. The topological polar surface area (TPSA) is 75.3 Å². The Kier molecular flexibility index (Phi) is 7.16. The maximum atomic E-state index is 12.8. The van der Waals surface area contributed by atoms with Crippen LogP contribution in [-0.2, 0) is 21.2 Å². The van der Waals surface area contributed by atoms with Crippen LogP contribution in [-0.4, -0.2) is 14.3 Å². The lowest BCUT2D eigenvalue weighted by atomic mass is 9.95. The van der Waals surface area contributed by atoms with Crippen molar-refractivity contribution in [1.82, 2.24) is 4.72 Å². The molecule has 0 spiro atoms. The lowest BCUT2D eigenvalue weighted by Gasteiger charge is -2.23. The number of hydrogen-bond donors (Lipinski definition) is 2. The van der Waals surface area contributed by atoms with Crippen molar-refractivity contribution in [2.24, 2.45) is 5.92 Å². The fraction of sp³-hybridized carbons (Fsp3) is 0.381. The highest BCUT2D eigenvalue weighted by Crippen LogP contribution is 2.25. The predicted octanol–water partition coefficient (Wildman–Crippen LogP) is 4.27. The molecule has 5 nitrogen and oxygen atoms in total. The zero-order chi connectivity index (χ0) is 20.0. The third-order valence-electron chi connectivity index (χ3n) is 4.31. The highest BCUT2D eigenvalue weighted by Gasteiger charge is 2.24. The van der Waals surface area contributed by atoms with Crippen molar-refractivity contribution in [2.75, 3.05) is 5.32 Å². The van der Waals surface area contributed by atoms with Crippen LogP contribution in [0, 0.1) is 5.92 Å². The molecule has 0 aliphatic carbocycles. The molecule has 0 aliphatic rings. The van der Waals surface area contributed by atoms with E-state index in [0.29, 0.717) is 5.69 Å². The monoisotopic (exact) mass is 388 g/mol. The Morgan fingerprint density at radius 1 is 1.00 bits per heavy atom. The predicted molar refractivity (Wildman–Crippen MR) is 109 cm³/mol. The lowest BCUT2D eigenvalue weighted by Crippen LogP contribution is -2.31. The van der Waals surface area contributed by atoms with Gasteiger partial charge in [0.1, 0.15) is 0 Å². The van der Waals surface area contributed by atoms with Crippen LogP contribution >= 0.6 is 0 Å². The van der Waals surface area contributed by atoms with Crippen molar-refractivity contribution in [3.8, 4) is 0 Å². The summed E-state index contributed by atoms with van der Waals surface area (Å²) < 4.78 is 28.5. The van der Waals surface area contributed by atoms with E-state index in [2.05, 4.69) is 29.1 Å². The number of anilines is 1. The first-order valence-corrected chi connectivity index (χ1v) is 10.7. The SMILES string of the molecule is CCCc1ccc([C@@H](NS(=O)(=O)c2ccc(NC(C)=O)cc2)C(C)C)cc1. The average Bonchev–Trinajstić information content (AvgIpc) is 2.60. The van der Waals surface area contributed by atoms with Crippen LogP contribution in [0.1, 0.15) is 51.3 Å². The van der Waals surface area contributed by atoms with Crippen LogP contribution in [0.5, 0.6) is 0 Å². The van der Waals surface area contributed by atoms with E-state index in [-0.39, 0.29) is 22.8 Å². The highest BCUT2D eigenvalue weighted by atomic mass is 32.2. The number of amides is 1. The van der Waals surface area contributed by atoms with Crippen LogP contribution in [0.25, 0.3) is 0 Å². The maximum absolute atomic E-state index is 12.8. The second-order valence-corrected chi connectivity index (χ2v) is 8.75. The van der Waals surface area contributed by atoms with Crippen molar-refractivity contribution in [2.45, 2.75) is 51.5 Å². The lowest BCUT2D eigenvalue weighted by molar-refractivity contribution is -0.114. The first-order valence-electron chi connectivity index (χ1n) is 9.21. The van der Waals surface area contributed by atoms with Gasteiger partial charge in [-0.2, -0.15) is 0 Å². The van der Waals surface area contributed by atoms with Crippen molar-refractivity contribution < 1.29 is 13.2 Å². The number of benzene rings is 2. The molecule has 0 fully saturated rings. The largest absolute Gasteiger partial charge is 0.326 e. The molecule has 2 rings (SSSR count). The molecule has 2 aromatic carbocycles. The molecule has 2 aromatic rings. The minimum atomic E-state index is -3.68. The molecule has 1 amide bonds. The third kappa shape index (κ3) is 5.91. The molecule has 1 atom stereocenters. The molecule has 0 unspecified atom stereocenters. The molecule has 0 aromatic heterocycles. The van der Waals surface area contributed by atoms with E-state index in [1.807, 2.05) is 26.0 Å². The van der Waals surface area contributed by atoms with Gasteiger partial charge in [0, 0.05) is 18.7 Å². The van der Waals surface area contributed by atoms with Crippen LogP contribution in [0.4, 0.5) is 5.69 Å². The van der Waals surface area contributed by atoms with Gasteiger partial charge in [0.05, 0.1) is 4.90 Å². The summed E-state index contributed by atoms with van der Waals surface area (Å²) in [6.45, 7) is 7.53. The Morgan fingerprint density at radius 3 is 2.07 bits per heavy atom. The van der Waals surface area contributed by atoms with Gasteiger partial charge < -0.3 is 5.32 Å². The van der Waals surface area contributed by atoms with Gasteiger partial charge in [0.25, 0.3) is 0 Å². The van der Waals surface area contributed by atoms with Gasteiger partial charge in [-0.05, 0) is 47.7 Å². The van der Waals surface area contributed by atoms with E-state index in [1.54, 1.807) is 12.1 Å². The summed E-state index contributed by atoms with van der Waals surface area (Å²) in [4.78, 5) is 11.3. The Morgan fingerprint density at radius 2 is 1.59 bits per heavy atom. The van der Waals surface area contributed by atoms with E-state index < -0.39 is 10.0 Å². The van der Waals surface area contributed by atoms with Crippen molar-refractivity contribution in [3.63, 3.8) is 0 Å². The summed E-state index contributed by atoms with van der Waals surface area (Å²) in [6, 6.07) is 14.0. The van der Waals surface area contributed by atoms with Gasteiger partial charge in [-0.1, -0.05) is 51.5 Å². The zero-order valence-electron chi connectivity index (χ0n) is 16.3. The van der Waals surface area contributed by atoms with Gasteiger partial charge in [0.15, 0.2) is 0 Å². The molecule has 2 N–H and O–H groups in total. The summed E-state index contributed by atoms with van der Waals surface area (Å²) in [5.74, 6) is -0.106. The third-order valence-corrected chi connectivity index (χ3v) is 5.77. The van der Waals surface area contributed by atoms with Crippen molar-refractivity contribution in [1.29, 1.82) is 0 Å². The second kappa shape index (κ2) is 9.15. The number of carbonyl (C=O) groups excluding carboxylic acids is 1. The smallest absolute Gasteiger partial charge is 0.241 e. The Labute approximate surface area is 162 Å². The van der Waals surface area contributed by atoms with Gasteiger partial charge in [-0.3, -0.25) is 4.79 Å². The molecule has 0 heterocycles. The van der Waals surface area contributed by atoms with Gasteiger partial charge in [-0.25, -0.2) is 13.1 Å². The van der Waals surface area contributed by atoms with E-state index in [4.69, 9.17) is 0 Å². The number of aryl methyl sites for hydroxylation is 1. The fourth-order valence-corrected chi connectivity index (χ4v) is 4.30. The summed E-state index contributed by atoms with van der Waals surface area (Å²) in [5.41, 5.74) is 2.76. The quantitative estimate of drug-likeness (QED) is 0.709. The number of sulfonamides is 1. The minimum Gasteiger partial charge on any atom is -0.326 e.